The average Bonchev–Trinajstić information content (AvgIpc) is 3.11. The van der Waals surface area contributed by atoms with Crippen LogP contribution in [0.5, 0.6) is 0 Å². The van der Waals surface area contributed by atoms with Crippen LogP contribution < -0.4 is 5.32 Å². The summed E-state index contributed by atoms with van der Waals surface area (Å²) in [5.41, 5.74) is 4.48. The lowest BCUT2D eigenvalue weighted by molar-refractivity contribution is 0.0883. The Morgan fingerprint density at radius 3 is 2.19 bits per heavy atom. The first-order valence-corrected chi connectivity index (χ1v) is 15.8. The maximum Gasteiger partial charge on any atom is 0.144 e. The molecule has 0 aliphatic rings. The van der Waals surface area contributed by atoms with Gasteiger partial charge in [0.25, 0.3) is 0 Å². The molecule has 2 aromatic heterocycles. The summed E-state index contributed by atoms with van der Waals surface area (Å²) in [6.45, 7) is 8.46. The first-order chi connectivity index (χ1) is 15.4. The zero-order valence-electron chi connectivity index (χ0n) is 18.9. The number of anilines is 1. The lowest BCUT2D eigenvalue weighted by Crippen LogP contribution is -2.22. The van der Waals surface area contributed by atoms with E-state index < -0.39 is 8.07 Å². The Hall–Kier alpha value is -2.16. The lowest BCUT2D eigenvalue weighted by Gasteiger charge is -2.21. The topological polar surface area (TPSA) is 39.1 Å². The van der Waals surface area contributed by atoms with Crippen LogP contribution in [-0.4, -0.2) is 24.2 Å². The summed E-state index contributed by atoms with van der Waals surface area (Å²) in [5, 5.41) is 4.90. The molecule has 0 radical (unpaired) electrons. The van der Waals surface area contributed by atoms with Crippen molar-refractivity contribution in [2.75, 3.05) is 11.9 Å². The second kappa shape index (κ2) is 10.2. The summed E-state index contributed by atoms with van der Waals surface area (Å²) in [6, 6.07) is 26.6. The van der Waals surface area contributed by atoms with Crippen molar-refractivity contribution in [3.05, 3.63) is 93.8 Å². The number of fused-ring (bicyclic) bond motifs is 1. The number of hydrogen-bond acceptors (Lipinski definition) is 3. The van der Waals surface area contributed by atoms with Crippen molar-refractivity contribution in [1.82, 2.24) is 9.55 Å². The van der Waals surface area contributed by atoms with E-state index in [1.54, 1.807) is 0 Å². The number of benzene rings is 2. The van der Waals surface area contributed by atoms with Crippen molar-refractivity contribution < 1.29 is 4.74 Å². The minimum Gasteiger partial charge on any atom is -0.374 e. The Balaban J connectivity index is 1.62. The van der Waals surface area contributed by atoms with Gasteiger partial charge in [0, 0.05) is 32.0 Å². The molecule has 0 amide bonds. The molecule has 2 aromatic carbocycles. The predicted molar refractivity (Wildman–Crippen MR) is 145 cm³/mol. The molecule has 4 rings (SSSR count). The number of nitrogens with zero attached hydrogens (tertiary/aromatic N) is 2. The van der Waals surface area contributed by atoms with Gasteiger partial charge in [-0.3, -0.25) is 4.57 Å². The fourth-order valence-electron chi connectivity index (χ4n) is 3.71. The summed E-state index contributed by atoms with van der Waals surface area (Å²) in [4.78, 5) is 4.69. The van der Waals surface area contributed by atoms with Gasteiger partial charge in [0.15, 0.2) is 0 Å². The van der Waals surface area contributed by atoms with E-state index in [2.05, 4.69) is 130 Å². The highest BCUT2D eigenvalue weighted by Gasteiger charge is 2.18. The third kappa shape index (κ3) is 5.60. The minimum atomic E-state index is -1.10. The molecule has 0 saturated heterocycles. The van der Waals surface area contributed by atoms with Crippen molar-refractivity contribution in [2.24, 2.45) is 0 Å². The van der Waals surface area contributed by atoms with Gasteiger partial charge in [-0.25, -0.2) is 4.98 Å². The van der Waals surface area contributed by atoms with Crippen molar-refractivity contribution in [3.63, 3.8) is 0 Å². The van der Waals surface area contributed by atoms with Gasteiger partial charge >= 0.3 is 0 Å². The third-order valence-corrected chi connectivity index (χ3v) is 8.13. The van der Waals surface area contributed by atoms with Crippen LogP contribution >= 0.6 is 22.6 Å². The van der Waals surface area contributed by atoms with E-state index in [1.807, 2.05) is 6.20 Å². The van der Waals surface area contributed by atoms with Crippen LogP contribution in [0.1, 0.15) is 17.2 Å². The van der Waals surface area contributed by atoms with E-state index in [-0.39, 0.29) is 6.04 Å². The first-order valence-electron chi connectivity index (χ1n) is 11.0. The number of rotatable bonds is 9. The van der Waals surface area contributed by atoms with E-state index in [0.717, 1.165) is 27.0 Å². The van der Waals surface area contributed by atoms with E-state index in [4.69, 9.17) is 4.74 Å². The molecule has 166 valence electrons. The van der Waals surface area contributed by atoms with Crippen LogP contribution in [0.2, 0.25) is 25.7 Å². The van der Waals surface area contributed by atoms with Gasteiger partial charge in [-0.1, -0.05) is 80.3 Å². The maximum atomic E-state index is 6.04. The highest BCUT2D eigenvalue weighted by atomic mass is 127. The lowest BCUT2D eigenvalue weighted by atomic mass is 9.98. The predicted octanol–water partition coefficient (Wildman–Crippen LogP) is 7.15. The Morgan fingerprint density at radius 2 is 1.59 bits per heavy atom. The van der Waals surface area contributed by atoms with Crippen molar-refractivity contribution in [1.29, 1.82) is 0 Å². The van der Waals surface area contributed by atoms with Crippen LogP contribution in [0.3, 0.4) is 0 Å². The van der Waals surface area contributed by atoms with Crippen LogP contribution in [0, 0.1) is 3.70 Å². The number of pyridine rings is 1. The third-order valence-electron chi connectivity index (χ3n) is 5.53. The van der Waals surface area contributed by atoms with Crippen molar-refractivity contribution >= 4 is 47.4 Å². The SMILES string of the molecule is C[Si](C)(C)CCOCn1c(I)cc2c(NC(c3ccccc3)c3ccccc3)ccnc21. The molecule has 0 unspecified atom stereocenters. The van der Waals surface area contributed by atoms with Gasteiger partial charge in [-0.15, -0.1) is 0 Å². The maximum absolute atomic E-state index is 6.04. The van der Waals surface area contributed by atoms with Crippen molar-refractivity contribution in [2.45, 2.75) is 38.5 Å². The largest absolute Gasteiger partial charge is 0.374 e. The zero-order valence-corrected chi connectivity index (χ0v) is 22.0. The molecule has 4 nitrogen and oxygen atoms in total. The van der Waals surface area contributed by atoms with E-state index in [1.165, 1.54) is 17.2 Å². The van der Waals surface area contributed by atoms with E-state index in [9.17, 15) is 0 Å². The van der Waals surface area contributed by atoms with Crippen molar-refractivity contribution in [3.8, 4) is 0 Å². The van der Waals surface area contributed by atoms with Crippen LogP contribution in [0.4, 0.5) is 5.69 Å². The van der Waals surface area contributed by atoms with Gasteiger partial charge in [-0.05, 0) is 51.9 Å². The molecule has 0 aliphatic carbocycles. The molecule has 0 saturated carbocycles. The Bertz CT molecular complexity index is 1120. The highest BCUT2D eigenvalue weighted by Crippen LogP contribution is 2.32. The molecule has 2 heterocycles. The molecule has 0 bridgehead atoms. The average molecular weight is 556 g/mol. The number of hydrogen-bond donors (Lipinski definition) is 1. The van der Waals surface area contributed by atoms with Gasteiger partial charge < -0.3 is 10.1 Å². The molecule has 6 heteroatoms. The normalized spacial score (nSPS) is 11.9. The first kappa shape index (κ1) is 23.0. The smallest absolute Gasteiger partial charge is 0.144 e. The van der Waals surface area contributed by atoms with Crippen LogP contribution in [0.25, 0.3) is 11.0 Å². The molecule has 32 heavy (non-hydrogen) atoms. The summed E-state index contributed by atoms with van der Waals surface area (Å²) in [6.07, 6.45) is 1.88. The minimum absolute atomic E-state index is 0.0528. The monoisotopic (exact) mass is 555 g/mol. The molecule has 1 N–H and O–H groups in total. The van der Waals surface area contributed by atoms with Gasteiger partial charge in [0.1, 0.15) is 12.4 Å². The number of halogens is 1. The summed E-state index contributed by atoms with van der Waals surface area (Å²) >= 11 is 2.38. The van der Waals surface area contributed by atoms with Crippen LogP contribution in [0.15, 0.2) is 79.0 Å². The Morgan fingerprint density at radius 1 is 0.969 bits per heavy atom. The molecule has 4 aromatic rings. The fourth-order valence-corrected chi connectivity index (χ4v) is 5.14. The molecule has 0 fully saturated rings. The quantitative estimate of drug-likeness (QED) is 0.135. The number of ether oxygens (including phenoxy) is 1. The Labute approximate surface area is 205 Å². The van der Waals surface area contributed by atoms with E-state index in [0.29, 0.717) is 6.73 Å². The standard InChI is InChI=1S/C26H30IN3OSi/c1-32(2,3)17-16-31-19-30-24(27)18-22-23(14-15-28-26(22)30)29-25(20-10-6-4-7-11-20)21-12-8-5-9-13-21/h4-15,18,25H,16-17,19H2,1-3H3,(H,28,29). The van der Waals surface area contributed by atoms with E-state index >= 15 is 0 Å². The highest BCUT2D eigenvalue weighted by molar-refractivity contribution is 14.1. The van der Waals surface area contributed by atoms with Gasteiger partial charge in [-0.2, -0.15) is 0 Å². The molecular formula is C26H30IN3OSi. The Kier molecular flexibility index (Phi) is 7.32. The second-order valence-electron chi connectivity index (χ2n) is 9.24. The molecule has 0 atom stereocenters. The summed E-state index contributed by atoms with van der Waals surface area (Å²) in [5.74, 6) is 0. The number of nitrogens with one attached hydrogen (secondary N) is 1. The summed E-state index contributed by atoms with van der Waals surface area (Å²) in [7, 11) is -1.10. The van der Waals surface area contributed by atoms with Gasteiger partial charge in [0.2, 0.25) is 0 Å². The molecule has 0 spiro atoms. The van der Waals surface area contributed by atoms with Crippen LogP contribution in [-0.2, 0) is 11.5 Å². The molecular weight excluding hydrogens is 525 g/mol. The molecule has 0 aliphatic heterocycles. The fraction of sp³-hybridized carbons (Fsp3) is 0.269. The van der Waals surface area contributed by atoms with Gasteiger partial charge in [0.05, 0.1) is 9.74 Å². The second-order valence-corrected chi connectivity index (χ2v) is 16.0. The zero-order chi connectivity index (χ0) is 22.6. The number of aromatic nitrogens is 2. The summed E-state index contributed by atoms with van der Waals surface area (Å²) < 4.78 is 9.32.